The highest BCUT2D eigenvalue weighted by molar-refractivity contribution is 7.83. The lowest BCUT2D eigenvalue weighted by Crippen LogP contribution is -2.34. The van der Waals surface area contributed by atoms with Gasteiger partial charge in [-0.05, 0) is 38.5 Å². The van der Waals surface area contributed by atoms with E-state index in [-0.39, 0.29) is 5.41 Å². The molecule has 1 aliphatic heterocycles. The summed E-state index contributed by atoms with van der Waals surface area (Å²) in [5.41, 5.74) is 1.28. The standard InChI is InChI=1S/C15H21NO5S/c1-5-8-20-14-15(3,4)12-9-11(6-7-13(12)21-14)10(2)16-22(17,18)19/h5-7,9-10,14,16H,1,8H2,2-4H3,(H,17,18,19). The predicted octanol–water partition coefficient (Wildman–Crippen LogP) is 2.34. The van der Waals surface area contributed by atoms with Crippen LogP contribution in [0, 0.1) is 0 Å². The van der Waals surface area contributed by atoms with Crippen molar-refractivity contribution in [3.63, 3.8) is 0 Å². The van der Waals surface area contributed by atoms with Crippen molar-refractivity contribution < 1.29 is 22.4 Å². The van der Waals surface area contributed by atoms with Crippen LogP contribution in [-0.4, -0.2) is 25.9 Å². The lowest BCUT2D eigenvalue weighted by Gasteiger charge is -2.25. The van der Waals surface area contributed by atoms with Crippen molar-refractivity contribution in [2.75, 3.05) is 6.61 Å². The Bertz CT molecular complexity index is 669. The number of nitrogens with one attached hydrogen (secondary N) is 1. The van der Waals surface area contributed by atoms with E-state index in [9.17, 15) is 8.42 Å². The van der Waals surface area contributed by atoms with Gasteiger partial charge in [-0.3, -0.25) is 4.55 Å². The van der Waals surface area contributed by atoms with Crippen LogP contribution >= 0.6 is 0 Å². The second-order valence-corrected chi connectivity index (χ2v) is 7.05. The molecule has 1 heterocycles. The van der Waals surface area contributed by atoms with Gasteiger partial charge in [0.15, 0.2) is 0 Å². The van der Waals surface area contributed by atoms with E-state index in [0.717, 1.165) is 11.1 Å². The van der Waals surface area contributed by atoms with Crippen molar-refractivity contribution >= 4 is 10.3 Å². The van der Waals surface area contributed by atoms with Crippen molar-refractivity contribution in [2.45, 2.75) is 38.5 Å². The summed E-state index contributed by atoms with van der Waals surface area (Å²) in [7, 11) is -4.25. The van der Waals surface area contributed by atoms with Gasteiger partial charge in [0.2, 0.25) is 6.29 Å². The molecule has 22 heavy (non-hydrogen) atoms. The molecule has 6 nitrogen and oxygen atoms in total. The first-order valence-corrected chi connectivity index (χ1v) is 8.37. The molecule has 2 atom stereocenters. The van der Waals surface area contributed by atoms with Crippen LogP contribution in [0.4, 0.5) is 0 Å². The molecule has 2 N–H and O–H groups in total. The molecular weight excluding hydrogens is 306 g/mol. The van der Waals surface area contributed by atoms with Crippen molar-refractivity contribution in [1.29, 1.82) is 0 Å². The highest BCUT2D eigenvalue weighted by Crippen LogP contribution is 2.44. The van der Waals surface area contributed by atoms with E-state index >= 15 is 0 Å². The SMILES string of the molecule is C=CCOC1Oc2ccc(C(C)NS(=O)(=O)O)cc2C1(C)C. The first-order chi connectivity index (χ1) is 10.1. The summed E-state index contributed by atoms with van der Waals surface area (Å²) in [6, 6.07) is 4.86. The average molecular weight is 327 g/mol. The molecule has 0 bridgehead atoms. The quantitative estimate of drug-likeness (QED) is 0.619. The molecule has 1 aromatic rings. The highest BCUT2D eigenvalue weighted by Gasteiger charge is 2.42. The van der Waals surface area contributed by atoms with Gasteiger partial charge in [-0.25, -0.2) is 0 Å². The topological polar surface area (TPSA) is 84.9 Å². The molecule has 7 heteroatoms. The average Bonchev–Trinajstić information content (AvgIpc) is 2.65. The summed E-state index contributed by atoms with van der Waals surface area (Å²) in [5, 5.41) is 0. The molecule has 0 fully saturated rings. The molecule has 0 saturated carbocycles. The van der Waals surface area contributed by atoms with Crippen LogP contribution in [0.25, 0.3) is 0 Å². The maximum Gasteiger partial charge on any atom is 0.333 e. The Balaban J connectivity index is 2.28. The van der Waals surface area contributed by atoms with Crippen LogP contribution in [0.15, 0.2) is 30.9 Å². The molecular formula is C15H21NO5S. The van der Waals surface area contributed by atoms with Crippen molar-refractivity contribution in [1.82, 2.24) is 4.72 Å². The molecule has 1 aromatic carbocycles. The molecule has 0 amide bonds. The van der Waals surface area contributed by atoms with Gasteiger partial charge in [0, 0.05) is 11.6 Å². The van der Waals surface area contributed by atoms with Crippen LogP contribution in [0.1, 0.15) is 37.9 Å². The number of benzene rings is 1. The molecule has 0 spiro atoms. The molecule has 1 aliphatic rings. The lowest BCUT2D eigenvalue weighted by atomic mass is 9.84. The Labute approximate surface area is 131 Å². The minimum absolute atomic E-state index is 0.383. The van der Waals surface area contributed by atoms with Crippen LogP contribution in [-0.2, 0) is 20.5 Å². The zero-order valence-corrected chi connectivity index (χ0v) is 13.7. The number of rotatable bonds is 6. The van der Waals surface area contributed by atoms with E-state index in [0.29, 0.717) is 12.4 Å². The Hall–Kier alpha value is -1.41. The molecule has 0 aliphatic carbocycles. The van der Waals surface area contributed by atoms with Crippen LogP contribution < -0.4 is 9.46 Å². The molecule has 2 rings (SSSR count). The van der Waals surface area contributed by atoms with Gasteiger partial charge in [0.1, 0.15) is 5.75 Å². The van der Waals surface area contributed by atoms with Gasteiger partial charge in [0.25, 0.3) is 0 Å². The van der Waals surface area contributed by atoms with E-state index in [1.165, 1.54) is 0 Å². The number of hydrogen-bond acceptors (Lipinski definition) is 4. The first kappa shape index (κ1) is 17.0. The van der Waals surface area contributed by atoms with Crippen molar-refractivity contribution in [3.8, 4) is 5.75 Å². The molecule has 122 valence electrons. The monoisotopic (exact) mass is 327 g/mol. The second-order valence-electron chi connectivity index (χ2n) is 5.86. The third-order valence-electron chi connectivity index (χ3n) is 3.71. The fourth-order valence-electron chi connectivity index (χ4n) is 2.50. The van der Waals surface area contributed by atoms with E-state index in [2.05, 4.69) is 11.3 Å². The minimum Gasteiger partial charge on any atom is -0.464 e. The second kappa shape index (κ2) is 6.00. The molecule has 0 saturated heterocycles. The number of hydrogen-bond donors (Lipinski definition) is 2. The summed E-state index contributed by atoms with van der Waals surface area (Å²) in [5.74, 6) is 0.710. The smallest absolute Gasteiger partial charge is 0.333 e. The lowest BCUT2D eigenvalue weighted by molar-refractivity contribution is -0.0925. The minimum atomic E-state index is -4.25. The Kier molecular flexibility index (Phi) is 4.62. The summed E-state index contributed by atoms with van der Waals surface area (Å²) >= 11 is 0. The van der Waals surface area contributed by atoms with Crippen LogP contribution in [0.2, 0.25) is 0 Å². The van der Waals surface area contributed by atoms with E-state index in [4.69, 9.17) is 14.0 Å². The summed E-state index contributed by atoms with van der Waals surface area (Å²) < 4.78 is 44.3. The molecule has 0 radical (unpaired) electrons. The highest BCUT2D eigenvalue weighted by atomic mass is 32.2. The fraction of sp³-hybridized carbons (Fsp3) is 0.467. The zero-order valence-electron chi connectivity index (χ0n) is 12.9. The van der Waals surface area contributed by atoms with Crippen LogP contribution in [0.3, 0.4) is 0 Å². The first-order valence-electron chi connectivity index (χ1n) is 6.93. The Morgan fingerprint density at radius 2 is 2.23 bits per heavy atom. The van der Waals surface area contributed by atoms with Crippen molar-refractivity contribution in [3.05, 3.63) is 42.0 Å². The third kappa shape index (κ3) is 3.49. The third-order valence-corrected chi connectivity index (χ3v) is 4.36. The van der Waals surface area contributed by atoms with Gasteiger partial charge in [-0.2, -0.15) is 13.1 Å². The summed E-state index contributed by atoms with van der Waals surface area (Å²) in [4.78, 5) is 0. The van der Waals surface area contributed by atoms with Crippen LogP contribution in [0.5, 0.6) is 5.75 Å². The maximum absolute atomic E-state index is 10.9. The van der Waals surface area contributed by atoms with E-state index in [1.54, 1.807) is 25.1 Å². The van der Waals surface area contributed by atoms with Crippen molar-refractivity contribution in [2.24, 2.45) is 0 Å². The van der Waals surface area contributed by atoms with Gasteiger partial charge >= 0.3 is 10.3 Å². The Morgan fingerprint density at radius 1 is 1.55 bits per heavy atom. The van der Waals surface area contributed by atoms with E-state index in [1.807, 2.05) is 19.9 Å². The zero-order chi connectivity index (χ0) is 16.5. The number of fused-ring (bicyclic) bond motifs is 1. The number of ether oxygens (including phenoxy) is 2. The molecule has 2 unspecified atom stereocenters. The summed E-state index contributed by atoms with van der Waals surface area (Å²) in [6.45, 7) is 9.66. The predicted molar refractivity (Wildman–Crippen MR) is 83.1 cm³/mol. The fourth-order valence-corrected chi connectivity index (χ4v) is 3.08. The Morgan fingerprint density at radius 3 is 2.82 bits per heavy atom. The molecule has 0 aromatic heterocycles. The maximum atomic E-state index is 10.9. The largest absolute Gasteiger partial charge is 0.464 e. The van der Waals surface area contributed by atoms with Gasteiger partial charge in [-0.15, -0.1) is 6.58 Å². The van der Waals surface area contributed by atoms with Gasteiger partial charge in [0.05, 0.1) is 12.0 Å². The van der Waals surface area contributed by atoms with E-state index < -0.39 is 22.6 Å². The normalized spacial score (nSPS) is 21.0. The van der Waals surface area contributed by atoms with Gasteiger partial charge < -0.3 is 9.47 Å². The summed E-state index contributed by atoms with van der Waals surface area (Å²) in [6.07, 6.45) is 1.23. The van der Waals surface area contributed by atoms with Gasteiger partial charge in [-0.1, -0.05) is 12.1 Å².